The number of imidazole rings is 1. The van der Waals surface area contributed by atoms with E-state index in [-0.39, 0.29) is 34.3 Å². The van der Waals surface area contributed by atoms with Gasteiger partial charge >= 0.3 is 6.01 Å². The normalized spacial score (nSPS) is 14.5. The minimum absolute atomic E-state index is 0.0291. The van der Waals surface area contributed by atoms with E-state index in [0.29, 0.717) is 28.2 Å². The molecule has 0 saturated heterocycles. The van der Waals surface area contributed by atoms with Gasteiger partial charge in [0.2, 0.25) is 5.88 Å². The molecule has 0 saturated carbocycles. The molecule has 0 spiro atoms. The molecule has 1 atom stereocenters. The molecule has 4 aromatic rings. The summed E-state index contributed by atoms with van der Waals surface area (Å²) in [5, 5.41) is 9.32. The number of halogens is 2. The second kappa shape index (κ2) is 10.0. The van der Waals surface area contributed by atoms with E-state index in [4.69, 9.17) is 26.1 Å². The molecule has 1 amide bonds. The van der Waals surface area contributed by atoms with Gasteiger partial charge in [-0.15, -0.1) is 0 Å². The van der Waals surface area contributed by atoms with Crippen molar-refractivity contribution < 1.29 is 18.7 Å². The van der Waals surface area contributed by atoms with Crippen molar-refractivity contribution in [3.8, 4) is 29.3 Å². The van der Waals surface area contributed by atoms with E-state index < -0.39 is 17.8 Å². The number of anilines is 1. The van der Waals surface area contributed by atoms with Crippen LogP contribution in [0.3, 0.4) is 0 Å². The molecule has 0 aliphatic carbocycles. The van der Waals surface area contributed by atoms with Gasteiger partial charge in [0.1, 0.15) is 11.9 Å². The van der Waals surface area contributed by atoms with Crippen LogP contribution in [0.15, 0.2) is 42.6 Å². The average molecular weight is 547 g/mol. The number of aryl methyl sites for hydroxylation is 1. The van der Waals surface area contributed by atoms with Crippen LogP contribution in [0.25, 0.3) is 11.4 Å². The molecule has 1 unspecified atom stereocenters. The summed E-state index contributed by atoms with van der Waals surface area (Å²) in [6.07, 6.45) is 1.53. The Morgan fingerprint density at radius 1 is 1.15 bits per heavy atom. The number of benzene rings is 2. The first-order valence-electron chi connectivity index (χ1n) is 12.1. The number of aromatic nitrogens is 4. The van der Waals surface area contributed by atoms with E-state index in [0.717, 1.165) is 5.56 Å². The van der Waals surface area contributed by atoms with Crippen molar-refractivity contribution in [1.82, 2.24) is 19.5 Å². The lowest BCUT2D eigenvalue weighted by molar-refractivity contribution is 0.0988. The zero-order chi connectivity index (χ0) is 28.0. The second-order valence-corrected chi connectivity index (χ2v) is 9.65. The molecule has 5 rings (SSSR count). The van der Waals surface area contributed by atoms with Crippen LogP contribution in [-0.4, -0.2) is 39.6 Å². The molecular formula is C28H24ClFN6O3. The molecule has 11 heteroatoms. The fourth-order valence-electron chi connectivity index (χ4n) is 4.95. The lowest BCUT2D eigenvalue weighted by Crippen LogP contribution is -2.31. The van der Waals surface area contributed by atoms with Crippen molar-refractivity contribution in [3.63, 3.8) is 0 Å². The number of nitriles is 1. The van der Waals surface area contributed by atoms with Crippen LogP contribution in [-0.2, 0) is 0 Å². The zero-order valence-electron chi connectivity index (χ0n) is 21.9. The average Bonchev–Trinajstić information content (AvgIpc) is 3.45. The third kappa shape index (κ3) is 4.15. The predicted octanol–water partition coefficient (Wildman–Crippen LogP) is 5.66. The Labute approximate surface area is 229 Å². The summed E-state index contributed by atoms with van der Waals surface area (Å²) in [7, 11) is 2.92. The van der Waals surface area contributed by atoms with Crippen molar-refractivity contribution in [2.75, 3.05) is 19.1 Å². The zero-order valence-corrected chi connectivity index (χ0v) is 22.6. The maximum atomic E-state index is 15.4. The van der Waals surface area contributed by atoms with Crippen LogP contribution in [0.4, 0.5) is 10.1 Å². The standard InChI is InChI=1S/C28H24ClFN6O3/c1-14(2)35-24-22(33-25(35)18-13-32-28(39-5)34-26(18)38-4)27(37)36(20-8-6-7-19(29)21(20)30)23(24)17-10-9-16(12-31)11-15(17)3/h6-11,13-14,23H,1-5H3. The van der Waals surface area contributed by atoms with Gasteiger partial charge in [0.05, 0.1) is 47.8 Å². The lowest BCUT2D eigenvalue weighted by atomic mass is 9.96. The molecule has 9 nitrogen and oxygen atoms in total. The molecule has 39 heavy (non-hydrogen) atoms. The molecule has 3 heterocycles. The van der Waals surface area contributed by atoms with Gasteiger partial charge in [0.15, 0.2) is 11.5 Å². The number of ether oxygens (including phenoxy) is 2. The van der Waals surface area contributed by atoms with E-state index in [1.165, 1.54) is 37.4 Å². The van der Waals surface area contributed by atoms with E-state index in [2.05, 4.69) is 16.0 Å². The lowest BCUT2D eigenvalue weighted by Gasteiger charge is -2.29. The quantitative estimate of drug-likeness (QED) is 0.307. The summed E-state index contributed by atoms with van der Waals surface area (Å²) >= 11 is 6.13. The van der Waals surface area contributed by atoms with Gasteiger partial charge in [-0.25, -0.2) is 14.4 Å². The second-order valence-electron chi connectivity index (χ2n) is 9.25. The first kappa shape index (κ1) is 26.1. The number of methoxy groups -OCH3 is 2. The number of amides is 1. The Kier molecular flexibility index (Phi) is 6.70. The number of carbonyl (C=O) groups excluding carboxylic acids is 1. The van der Waals surface area contributed by atoms with Gasteiger partial charge in [-0.2, -0.15) is 10.2 Å². The van der Waals surface area contributed by atoms with Crippen LogP contribution in [0, 0.1) is 24.1 Å². The van der Waals surface area contributed by atoms with E-state index >= 15 is 4.39 Å². The molecule has 2 aromatic heterocycles. The van der Waals surface area contributed by atoms with Crippen LogP contribution < -0.4 is 14.4 Å². The predicted molar refractivity (Wildman–Crippen MR) is 143 cm³/mol. The van der Waals surface area contributed by atoms with Gasteiger partial charge in [-0.1, -0.05) is 23.7 Å². The Morgan fingerprint density at radius 2 is 1.92 bits per heavy atom. The van der Waals surface area contributed by atoms with Crippen molar-refractivity contribution >= 4 is 23.2 Å². The first-order chi connectivity index (χ1) is 18.7. The molecule has 0 bridgehead atoms. The highest BCUT2D eigenvalue weighted by atomic mass is 35.5. The molecule has 198 valence electrons. The summed E-state index contributed by atoms with van der Waals surface area (Å²) in [5.74, 6) is -0.557. The van der Waals surface area contributed by atoms with Crippen molar-refractivity contribution in [2.45, 2.75) is 32.9 Å². The largest absolute Gasteiger partial charge is 0.480 e. The smallest absolute Gasteiger partial charge is 0.319 e. The number of nitrogens with zero attached hydrogens (tertiary/aromatic N) is 6. The molecule has 0 fully saturated rings. The topological polar surface area (TPSA) is 106 Å². The minimum Gasteiger partial charge on any atom is -0.480 e. The SMILES string of the molecule is COc1ncc(-c2nc3c(n2C(C)C)C(c2ccc(C#N)cc2C)N(c2cccc(Cl)c2F)C3=O)c(OC)n1. The molecule has 0 N–H and O–H groups in total. The van der Waals surface area contributed by atoms with Crippen LogP contribution >= 0.6 is 11.6 Å². The van der Waals surface area contributed by atoms with Gasteiger partial charge in [0.25, 0.3) is 5.91 Å². The maximum Gasteiger partial charge on any atom is 0.319 e. The van der Waals surface area contributed by atoms with Crippen LogP contribution in [0.2, 0.25) is 5.02 Å². The van der Waals surface area contributed by atoms with Crippen LogP contribution in [0.1, 0.15) is 58.8 Å². The van der Waals surface area contributed by atoms with Gasteiger partial charge in [0, 0.05) is 12.2 Å². The maximum absolute atomic E-state index is 15.4. The van der Waals surface area contributed by atoms with E-state index in [1.807, 2.05) is 25.3 Å². The van der Waals surface area contributed by atoms with E-state index in [9.17, 15) is 10.1 Å². The number of carbonyl (C=O) groups is 1. The van der Waals surface area contributed by atoms with Crippen molar-refractivity contribution in [2.24, 2.45) is 0 Å². The van der Waals surface area contributed by atoms with Gasteiger partial charge in [-0.3, -0.25) is 9.69 Å². The van der Waals surface area contributed by atoms with Gasteiger partial charge < -0.3 is 14.0 Å². The molecule has 1 aliphatic heterocycles. The number of rotatable bonds is 6. The molecular weight excluding hydrogens is 523 g/mol. The summed E-state index contributed by atoms with van der Waals surface area (Å²) in [6, 6.07) is 11.0. The fourth-order valence-corrected chi connectivity index (χ4v) is 5.12. The Bertz CT molecular complexity index is 1660. The summed E-state index contributed by atoms with van der Waals surface area (Å²) in [5.41, 5.74) is 3.16. The van der Waals surface area contributed by atoms with Crippen molar-refractivity contribution in [1.29, 1.82) is 5.26 Å². The molecule has 0 radical (unpaired) electrons. The Hall–Kier alpha value is -4.49. The van der Waals surface area contributed by atoms with Gasteiger partial charge in [-0.05, 0) is 56.2 Å². The Morgan fingerprint density at radius 3 is 2.56 bits per heavy atom. The number of fused-ring (bicyclic) bond motifs is 1. The monoisotopic (exact) mass is 546 g/mol. The highest BCUT2D eigenvalue weighted by Gasteiger charge is 2.46. The molecule has 1 aliphatic rings. The first-order valence-corrected chi connectivity index (χ1v) is 12.4. The third-order valence-electron chi connectivity index (χ3n) is 6.64. The third-order valence-corrected chi connectivity index (χ3v) is 6.93. The minimum atomic E-state index is -0.762. The van der Waals surface area contributed by atoms with E-state index in [1.54, 1.807) is 24.3 Å². The summed E-state index contributed by atoms with van der Waals surface area (Å²) in [6.45, 7) is 5.76. The van der Waals surface area contributed by atoms with Crippen LogP contribution in [0.5, 0.6) is 11.9 Å². The highest BCUT2D eigenvalue weighted by Crippen LogP contribution is 2.47. The number of hydrogen-bond acceptors (Lipinski definition) is 7. The highest BCUT2D eigenvalue weighted by molar-refractivity contribution is 6.31. The Balaban J connectivity index is 1.82. The fraction of sp³-hybridized carbons (Fsp3) is 0.250. The summed E-state index contributed by atoms with van der Waals surface area (Å²) < 4.78 is 27.9. The molecule has 2 aromatic carbocycles. The summed E-state index contributed by atoms with van der Waals surface area (Å²) in [4.78, 5) is 28.7. The van der Waals surface area contributed by atoms with Crippen molar-refractivity contribution in [3.05, 3.63) is 81.5 Å². The number of hydrogen-bond donors (Lipinski definition) is 0.